The lowest BCUT2D eigenvalue weighted by atomic mass is 9.46. The molecule has 0 bridgehead atoms. The highest BCUT2D eigenvalue weighted by atomic mass is 16.5. The van der Waals surface area contributed by atoms with Crippen LogP contribution in [0.1, 0.15) is 253 Å². The number of likely N-dealkylation sites (N-methyl/N-ethyl adjacent to an activating group) is 1. The fourth-order valence-corrected chi connectivity index (χ4v) is 13.5. The molecule has 6 nitrogen and oxygen atoms in total. The van der Waals surface area contributed by atoms with Crippen molar-refractivity contribution in [3.05, 3.63) is 11.6 Å². The van der Waals surface area contributed by atoms with Crippen LogP contribution in [0.15, 0.2) is 11.6 Å². The van der Waals surface area contributed by atoms with Crippen molar-refractivity contribution in [1.82, 2.24) is 5.32 Å². The highest BCUT2D eigenvalue weighted by Crippen LogP contribution is 2.67. The van der Waals surface area contributed by atoms with Gasteiger partial charge in [-0.15, -0.1) is 0 Å². The molecule has 0 spiro atoms. The smallest absolute Gasteiger partial charge is 0.306 e. The fourth-order valence-electron chi connectivity index (χ4n) is 13.5. The second kappa shape index (κ2) is 28.4. The van der Waals surface area contributed by atoms with Gasteiger partial charge in [0.25, 0.3) is 0 Å². The normalized spacial score (nSPS) is 26.4. The van der Waals surface area contributed by atoms with Crippen LogP contribution in [0.2, 0.25) is 0 Å². The third-order valence-corrected chi connectivity index (χ3v) is 17.6. The number of ketones is 1. The predicted octanol–water partition coefficient (Wildman–Crippen LogP) is 14.8. The molecule has 0 aromatic carbocycles. The molecule has 0 aromatic heterocycles. The van der Waals surface area contributed by atoms with Gasteiger partial charge in [-0.25, -0.2) is 0 Å². The van der Waals surface area contributed by atoms with Crippen molar-refractivity contribution in [1.29, 1.82) is 0 Å². The Labute approximate surface area is 383 Å². The van der Waals surface area contributed by atoms with E-state index in [2.05, 4.69) is 47.0 Å². The predicted molar refractivity (Wildman–Crippen MR) is 261 cm³/mol. The maximum Gasteiger partial charge on any atom is 0.306 e. The van der Waals surface area contributed by atoms with E-state index in [4.69, 9.17) is 4.74 Å². The van der Waals surface area contributed by atoms with Gasteiger partial charge < -0.3 is 14.5 Å². The number of nitrogens with zero attached hydrogens (tertiary/aromatic N) is 1. The first-order chi connectivity index (χ1) is 30.0. The number of quaternary nitrogens is 1. The largest absolute Gasteiger partial charge is 0.462 e. The molecule has 0 aromatic rings. The highest BCUT2D eigenvalue weighted by Gasteiger charge is 2.60. The number of unbranched alkanes of at least 4 members (excludes halogenated alkanes) is 22. The number of hydrogen-bond acceptors (Lipinski definition) is 4. The molecule has 0 saturated heterocycles. The minimum absolute atomic E-state index is 0.0216. The van der Waals surface area contributed by atoms with Crippen LogP contribution in [0.4, 0.5) is 0 Å². The number of nitrogens with one attached hydrogen (secondary N) is 1. The Kier molecular flexibility index (Phi) is 24.2. The van der Waals surface area contributed by atoms with Crippen LogP contribution in [0.25, 0.3) is 0 Å². The number of carbonyl (C=O) groups excluding carboxylic acids is 3. The molecule has 6 heteroatoms. The summed E-state index contributed by atoms with van der Waals surface area (Å²) in [7, 11) is 2.42. The molecule has 0 radical (unpaired) electrons. The number of carbonyl (C=O) groups is 3. The second-order valence-corrected chi connectivity index (χ2v) is 22.3. The van der Waals surface area contributed by atoms with Crippen molar-refractivity contribution in [3.63, 3.8) is 0 Å². The van der Waals surface area contributed by atoms with Crippen molar-refractivity contribution in [2.24, 2.45) is 34.5 Å². The summed E-state index contributed by atoms with van der Waals surface area (Å²) in [5, 5.41) is 3.20. The Bertz CT molecular complexity index is 1300. The Morgan fingerprint density at radius 2 is 1.18 bits per heavy atom. The molecule has 3 unspecified atom stereocenters. The molecule has 3 saturated carbocycles. The first kappa shape index (κ1) is 52.9. The van der Waals surface area contributed by atoms with Crippen LogP contribution >= 0.6 is 0 Å². The van der Waals surface area contributed by atoms with E-state index in [0.29, 0.717) is 42.4 Å². The first-order valence-electron chi connectivity index (χ1n) is 27.5. The number of amides is 1. The van der Waals surface area contributed by atoms with E-state index >= 15 is 0 Å². The summed E-state index contributed by atoms with van der Waals surface area (Å²) in [6, 6.07) is 0. The Morgan fingerprint density at radius 3 is 1.71 bits per heavy atom. The Morgan fingerprint density at radius 1 is 0.661 bits per heavy atom. The summed E-state index contributed by atoms with van der Waals surface area (Å²) >= 11 is 0. The number of allylic oxidation sites excluding steroid dienone is 1. The lowest BCUT2D eigenvalue weighted by Gasteiger charge is -2.58. The van der Waals surface area contributed by atoms with Crippen molar-refractivity contribution in [2.75, 3.05) is 33.2 Å². The maximum absolute atomic E-state index is 13.2. The molecule has 1 amide bonds. The zero-order chi connectivity index (χ0) is 44.7. The molecule has 0 aliphatic heterocycles. The molecule has 358 valence electrons. The van der Waals surface area contributed by atoms with Crippen LogP contribution in [0, 0.1) is 34.5 Å². The minimum Gasteiger partial charge on any atom is -0.462 e. The van der Waals surface area contributed by atoms with Crippen molar-refractivity contribution >= 4 is 17.7 Å². The Balaban J connectivity index is 1.14. The molecule has 4 aliphatic rings. The van der Waals surface area contributed by atoms with E-state index in [0.717, 1.165) is 30.3 Å². The van der Waals surface area contributed by atoms with Gasteiger partial charge in [0.15, 0.2) is 5.78 Å². The molecule has 7 atom stereocenters. The van der Waals surface area contributed by atoms with E-state index in [1.54, 1.807) is 0 Å². The van der Waals surface area contributed by atoms with Crippen molar-refractivity contribution < 1.29 is 23.6 Å². The summed E-state index contributed by atoms with van der Waals surface area (Å²) in [6.45, 7) is 15.7. The summed E-state index contributed by atoms with van der Waals surface area (Å²) in [5.41, 5.74) is 1.80. The number of rotatable bonds is 34. The van der Waals surface area contributed by atoms with Crippen molar-refractivity contribution in [2.45, 2.75) is 259 Å². The van der Waals surface area contributed by atoms with Gasteiger partial charge in [0.05, 0.1) is 39.6 Å². The van der Waals surface area contributed by atoms with Gasteiger partial charge in [0.1, 0.15) is 6.10 Å². The second-order valence-electron chi connectivity index (χ2n) is 22.3. The van der Waals surface area contributed by atoms with Crippen LogP contribution < -0.4 is 5.32 Å². The summed E-state index contributed by atoms with van der Waals surface area (Å²) in [4.78, 5) is 38.6. The van der Waals surface area contributed by atoms with Gasteiger partial charge in [-0.1, -0.05) is 162 Å². The SMILES string of the molecule is CCCCCCCCCCCCCC[N+](C)(CCCCCCCCCCCCCC)CCNC(=O)CCC(=O)O[C@@H](C)[C@H]1CCC2C3CCC4=CC(=O)CC[C@]4(C)C3CC[C@@]21C. The summed E-state index contributed by atoms with van der Waals surface area (Å²) in [5.74, 6) is 2.49. The molecule has 62 heavy (non-hydrogen) atoms. The first-order valence-corrected chi connectivity index (χ1v) is 27.5. The van der Waals surface area contributed by atoms with Crippen LogP contribution in [0.5, 0.6) is 0 Å². The number of ether oxygens (including phenoxy) is 1. The number of hydrogen-bond donors (Lipinski definition) is 1. The van der Waals surface area contributed by atoms with Crippen LogP contribution in [-0.2, 0) is 19.1 Å². The quantitative estimate of drug-likeness (QED) is 0.0397. The standard InChI is InChI=1S/C56H100N2O4/c1-7-9-11-13-15-17-19-21-23-25-27-29-42-58(6,43-30-28-26-24-22-20-18-16-14-12-10-8-2)44-41-57-53(60)35-36-54(61)62-46(3)50-33-34-51-49-32-31-47-45-48(59)37-39-55(47,4)52(49)38-40-56(50,51)5/h45-46,49-52H,7-44H2,1-6H3/p+1/t46-,49?,50+,51?,52?,55-,56+/m0/s1. The average molecular weight is 866 g/mol. The monoisotopic (exact) mass is 866 g/mol. The molecule has 4 rings (SSSR count). The van der Waals surface area contributed by atoms with E-state index in [1.807, 2.05) is 6.08 Å². The van der Waals surface area contributed by atoms with E-state index in [-0.39, 0.29) is 41.7 Å². The maximum atomic E-state index is 13.2. The summed E-state index contributed by atoms with van der Waals surface area (Å²) < 4.78 is 7.20. The lowest BCUT2D eigenvalue weighted by molar-refractivity contribution is -0.908. The molecule has 1 N–H and O–H groups in total. The van der Waals surface area contributed by atoms with Gasteiger partial charge in [0, 0.05) is 18.8 Å². The zero-order valence-electron chi connectivity index (χ0n) is 41.9. The Hall–Kier alpha value is -1.69. The van der Waals surface area contributed by atoms with Gasteiger partial charge in [-0.2, -0.15) is 0 Å². The molecular formula is C56H101N2O4+. The van der Waals surface area contributed by atoms with Gasteiger partial charge in [0.2, 0.25) is 5.91 Å². The third kappa shape index (κ3) is 16.9. The van der Waals surface area contributed by atoms with E-state index in [1.165, 1.54) is 198 Å². The van der Waals surface area contributed by atoms with Gasteiger partial charge >= 0.3 is 5.97 Å². The fraction of sp³-hybridized carbons (Fsp3) is 0.911. The highest BCUT2D eigenvalue weighted by molar-refractivity contribution is 5.91. The summed E-state index contributed by atoms with van der Waals surface area (Å²) in [6.07, 6.45) is 44.0. The third-order valence-electron chi connectivity index (χ3n) is 17.6. The van der Waals surface area contributed by atoms with Crippen LogP contribution in [0.3, 0.4) is 0 Å². The molecular weight excluding hydrogens is 765 g/mol. The molecule has 0 heterocycles. The molecule has 3 fully saturated rings. The number of fused-ring (bicyclic) bond motifs is 5. The van der Waals surface area contributed by atoms with E-state index < -0.39 is 0 Å². The van der Waals surface area contributed by atoms with Gasteiger partial charge in [-0.3, -0.25) is 14.4 Å². The van der Waals surface area contributed by atoms with E-state index in [9.17, 15) is 14.4 Å². The topological polar surface area (TPSA) is 72.5 Å². The van der Waals surface area contributed by atoms with Crippen LogP contribution in [-0.4, -0.2) is 61.5 Å². The zero-order valence-corrected chi connectivity index (χ0v) is 41.9. The average Bonchev–Trinajstić information content (AvgIpc) is 3.61. The lowest BCUT2D eigenvalue weighted by Crippen LogP contribution is -2.51. The van der Waals surface area contributed by atoms with Gasteiger partial charge in [-0.05, 0) is 112 Å². The van der Waals surface area contributed by atoms with Crippen molar-refractivity contribution in [3.8, 4) is 0 Å². The minimum atomic E-state index is -0.222. The number of esters is 1. The molecule has 4 aliphatic carbocycles.